The molecule has 0 aliphatic rings. The third-order valence-electron chi connectivity index (χ3n) is 1.19. The fourth-order valence-electron chi connectivity index (χ4n) is 0.674. The van der Waals surface area contributed by atoms with Gasteiger partial charge in [0.1, 0.15) is 11.1 Å². The zero-order valence-electron chi connectivity index (χ0n) is 6.21. The molecule has 68 valence electrons. The molecule has 13 heavy (non-hydrogen) atoms. The Morgan fingerprint density at radius 2 is 2.38 bits per heavy atom. The lowest BCUT2D eigenvalue weighted by molar-refractivity contribution is -0.402. The largest absolute Gasteiger partial charge is 0.433 e. The molecule has 0 unspecified atom stereocenters. The highest BCUT2D eigenvalue weighted by Crippen LogP contribution is 2.15. The van der Waals surface area contributed by atoms with E-state index in [1.807, 2.05) is 0 Å². The number of nitrogens with zero attached hydrogens (tertiary/aromatic N) is 2. The normalized spacial score (nSPS) is 10.5. The Balaban J connectivity index is 2.92. The summed E-state index contributed by atoms with van der Waals surface area (Å²) in [6, 6.07) is 2.17. The number of furan rings is 1. The minimum absolute atomic E-state index is 0.246. The molecule has 0 aliphatic carbocycles. The summed E-state index contributed by atoms with van der Waals surface area (Å²) in [6.45, 7) is 0. The summed E-state index contributed by atoms with van der Waals surface area (Å²) in [6.07, 6.45) is 0.586. The molecular weight excluding hydrogens is 180 g/mol. The van der Waals surface area contributed by atoms with Crippen LogP contribution >= 0.6 is 0 Å². The van der Waals surface area contributed by atoms with E-state index < -0.39 is 16.6 Å². The van der Waals surface area contributed by atoms with Gasteiger partial charge in [-0.3, -0.25) is 14.9 Å². The number of Topliss-reactive ketones (excluding diaryl/α,β-unsaturated/α-hetero) is 1. The molecule has 0 saturated carbocycles. The van der Waals surface area contributed by atoms with Crippen LogP contribution in [0.3, 0.4) is 0 Å². The van der Waals surface area contributed by atoms with Gasteiger partial charge in [-0.2, -0.15) is 0 Å². The first-order chi connectivity index (χ1) is 6.15. The standard InChI is InChI=1S/C6H4N2O5/c9-4(3-7-10)5-1-2-6(13-5)8(11)12/h1-3,10H. The lowest BCUT2D eigenvalue weighted by Gasteiger charge is -1.84. The van der Waals surface area contributed by atoms with Crippen LogP contribution in [-0.4, -0.2) is 22.1 Å². The quantitative estimate of drug-likeness (QED) is 0.246. The van der Waals surface area contributed by atoms with E-state index in [1.54, 1.807) is 0 Å². The molecule has 1 aromatic rings. The van der Waals surface area contributed by atoms with E-state index in [4.69, 9.17) is 5.21 Å². The Bertz CT molecular complexity index is 367. The molecule has 0 aromatic carbocycles. The second-order valence-electron chi connectivity index (χ2n) is 2.00. The van der Waals surface area contributed by atoms with Crippen molar-refractivity contribution in [3.05, 3.63) is 28.0 Å². The lowest BCUT2D eigenvalue weighted by atomic mass is 10.3. The van der Waals surface area contributed by atoms with Crippen molar-refractivity contribution in [1.82, 2.24) is 0 Å². The Morgan fingerprint density at radius 1 is 1.69 bits per heavy atom. The number of hydrogen-bond donors (Lipinski definition) is 1. The van der Waals surface area contributed by atoms with Crippen LogP contribution < -0.4 is 0 Å². The van der Waals surface area contributed by atoms with E-state index in [2.05, 4.69) is 9.57 Å². The van der Waals surface area contributed by atoms with Gasteiger partial charge in [-0.1, -0.05) is 5.16 Å². The fourth-order valence-corrected chi connectivity index (χ4v) is 0.674. The summed E-state index contributed by atoms with van der Waals surface area (Å²) < 4.78 is 4.51. The summed E-state index contributed by atoms with van der Waals surface area (Å²) in [4.78, 5) is 20.2. The molecule has 0 radical (unpaired) electrons. The average Bonchev–Trinajstić information content (AvgIpc) is 2.52. The molecule has 0 amide bonds. The topological polar surface area (TPSA) is 106 Å². The van der Waals surface area contributed by atoms with Crippen LogP contribution in [0.1, 0.15) is 10.6 Å². The van der Waals surface area contributed by atoms with Gasteiger partial charge >= 0.3 is 5.88 Å². The maximum absolute atomic E-state index is 10.9. The number of oxime groups is 1. The van der Waals surface area contributed by atoms with E-state index >= 15 is 0 Å². The molecule has 1 aromatic heterocycles. The van der Waals surface area contributed by atoms with E-state index in [-0.39, 0.29) is 5.76 Å². The molecule has 1 heterocycles. The Morgan fingerprint density at radius 3 is 2.85 bits per heavy atom. The van der Waals surface area contributed by atoms with Crippen LogP contribution in [0.2, 0.25) is 0 Å². The van der Waals surface area contributed by atoms with Gasteiger partial charge in [0.05, 0.1) is 6.07 Å². The van der Waals surface area contributed by atoms with Crippen molar-refractivity contribution in [1.29, 1.82) is 0 Å². The van der Waals surface area contributed by atoms with Crippen molar-refractivity contribution in [2.75, 3.05) is 0 Å². The van der Waals surface area contributed by atoms with Crippen LogP contribution in [0.25, 0.3) is 0 Å². The second kappa shape index (κ2) is 3.48. The van der Waals surface area contributed by atoms with Crippen molar-refractivity contribution in [3.63, 3.8) is 0 Å². The summed E-state index contributed by atoms with van der Waals surface area (Å²) in [5.74, 6) is -1.52. The Kier molecular flexibility index (Phi) is 2.38. The molecule has 0 spiro atoms. The number of hydrogen-bond acceptors (Lipinski definition) is 6. The zero-order valence-corrected chi connectivity index (χ0v) is 6.21. The number of carbonyl (C=O) groups excluding carboxylic acids is 1. The molecule has 7 nitrogen and oxygen atoms in total. The number of nitro groups is 1. The first-order valence-corrected chi connectivity index (χ1v) is 3.11. The van der Waals surface area contributed by atoms with E-state index in [0.29, 0.717) is 6.21 Å². The Hall–Kier alpha value is -2.18. The predicted molar refractivity (Wildman–Crippen MR) is 40.0 cm³/mol. The minimum atomic E-state index is -0.771. The van der Waals surface area contributed by atoms with Crippen molar-refractivity contribution >= 4 is 17.9 Å². The van der Waals surface area contributed by atoms with E-state index in [9.17, 15) is 14.9 Å². The van der Waals surface area contributed by atoms with E-state index in [1.165, 1.54) is 0 Å². The first kappa shape index (κ1) is 8.91. The molecular formula is C6H4N2O5. The third-order valence-corrected chi connectivity index (χ3v) is 1.19. The molecule has 0 atom stereocenters. The minimum Gasteiger partial charge on any atom is -0.411 e. The van der Waals surface area contributed by atoms with Crippen LogP contribution in [0, 0.1) is 10.1 Å². The summed E-state index contributed by atoms with van der Waals surface area (Å²) >= 11 is 0. The highest BCUT2D eigenvalue weighted by Gasteiger charge is 2.15. The van der Waals surface area contributed by atoms with Gasteiger partial charge in [-0.05, 0) is 6.07 Å². The van der Waals surface area contributed by atoms with Crippen molar-refractivity contribution in [2.45, 2.75) is 0 Å². The average molecular weight is 184 g/mol. The maximum Gasteiger partial charge on any atom is 0.433 e. The van der Waals surface area contributed by atoms with Gasteiger partial charge in [-0.15, -0.1) is 0 Å². The lowest BCUT2D eigenvalue weighted by Crippen LogP contribution is -1.97. The fraction of sp³-hybridized carbons (Fsp3) is 0. The maximum atomic E-state index is 10.9. The van der Waals surface area contributed by atoms with Gasteiger partial charge in [0, 0.05) is 0 Å². The van der Waals surface area contributed by atoms with Crippen molar-refractivity contribution in [3.8, 4) is 0 Å². The highest BCUT2D eigenvalue weighted by molar-refractivity contribution is 6.34. The van der Waals surface area contributed by atoms with Crippen LogP contribution in [0.5, 0.6) is 0 Å². The number of carbonyl (C=O) groups is 1. The second-order valence-corrected chi connectivity index (χ2v) is 2.00. The SMILES string of the molecule is O=C(C=NO)c1ccc([N+](=O)[O-])o1. The Labute approximate surface area is 71.4 Å². The summed E-state index contributed by atoms with van der Waals surface area (Å²) in [7, 11) is 0. The zero-order chi connectivity index (χ0) is 9.84. The van der Waals surface area contributed by atoms with Crippen molar-refractivity contribution in [2.24, 2.45) is 5.16 Å². The third kappa shape index (κ3) is 1.89. The van der Waals surface area contributed by atoms with Gasteiger partial charge in [0.15, 0.2) is 5.76 Å². The highest BCUT2D eigenvalue weighted by atomic mass is 16.6. The summed E-state index contributed by atoms with van der Waals surface area (Å²) in [5.41, 5.74) is 0. The van der Waals surface area contributed by atoms with E-state index in [0.717, 1.165) is 12.1 Å². The molecule has 0 fully saturated rings. The molecule has 7 heteroatoms. The molecule has 0 aliphatic heterocycles. The number of ketones is 1. The molecule has 1 rings (SSSR count). The van der Waals surface area contributed by atoms with Crippen molar-refractivity contribution < 1.29 is 19.3 Å². The molecule has 1 N–H and O–H groups in total. The van der Waals surface area contributed by atoms with Crippen LogP contribution in [0.4, 0.5) is 5.88 Å². The predicted octanol–water partition coefficient (Wildman–Crippen LogP) is 0.831. The number of rotatable bonds is 3. The molecule has 0 saturated heterocycles. The van der Waals surface area contributed by atoms with Crippen LogP contribution in [-0.2, 0) is 0 Å². The van der Waals surface area contributed by atoms with Gasteiger partial charge in [0.2, 0.25) is 5.78 Å². The summed E-state index contributed by atoms with van der Waals surface area (Å²) in [5, 5.41) is 20.6. The smallest absolute Gasteiger partial charge is 0.411 e. The molecule has 0 bridgehead atoms. The van der Waals surface area contributed by atoms with Gasteiger partial charge in [-0.25, -0.2) is 0 Å². The first-order valence-electron chi connectivity index (χ1n) is 3.11. The van der Waals surface area contributed by atoms with Crippen LogP contribution in [0.15, 0.2) is 21.7 Å². The van der Waals surface area contributed by atoms with Gasteiger partial charge < -0.3 is 9.62 Å². The monoisotopic (exact) mass is 184 g/mol. The van der Waals surface area contributed by atoms with Gasteiger partial charge in [0.25, 0.3) is 0 Å².